The van der Waals surface area contributed by atoms with E-state index in [0.29, 0.717) is 5.92 Å². The summed E-state index contributed by atoms with van der Waals surface area (Å²) in [6.45, 7) is 8.26. The molecular formula is C20H34N2O2S. The Morgan fingerprint density at radius 2 is 1.84 bits per heavy atom. The molecule has 0 aliphatic carbocycles. The van der Waals surface area contributed by atoms with E-state index in [1.54, 1.807) is 14.2 Å². The van der Waals surface area contributed by atoms with Gasteiger partial charge in [-0.3, -0.25) is 0 Å². The first kappa shape index (κ1) is 21.6. The first-order valence-electron chi connectivity index (χ1n) is 9.17. The maximum absolute atomic E-state index is 5.57. The molecule has 0 fully saturated rings. The van der Waals surface area contributed by atoms with Gasteiger partial charge in [0.15, 0.2) is 16.6 Å². The van der Waals surface area contributed by atoms with Crippen LogP contribution in [-0.4, -0.2) is 37.8 Å². The fraction of sp³-hybridized carbons (Fsp3) is 0.650. The van der Waals surface area contributed by atoms with E-state index in [0.717, 1.165) is 29.7 Å². The molecule has 0 aromatic heterocycles. The number of nitrogens with one attached hydrogen (secondary N) is 1. The Labute approximate surface area is 158 Å². The second-order valence-electron chi connectivity index (χ2n) is 6.59. The van der Waals surface area contributed by atoms with Gasteiger partial charge in [-0.1, -0.05) is 33.1 Å². The van der Waals surface area contributed by atoms with E-state index in [-0.39, 0.29) is 0 Å². The van der Waals surface area contributed by atoms with Gasteiger partial charge in [-0.05, 0) is 54.7 Å². The lowest BCUT2D eigenvalue weighted by Gasteiger charge is -2.24. The van der Waals surface area contributed by atoms with Crippen LogP contribution in [0.25, 0.3) is 0 Å². The van der Waals surface area contributed by atoms with Crippen LogP contribution in [-0.2, 0) is 6.54 Å². The largest absolute Gasteiger partial charge is 0.493 e. The lowest BCUT2D eigenvalue weighted by molar-refractivity contribution is 0.353. The fourth-order valence-electron chi connectivity index (χ4n) is 2.83. The molecule has 1 N–H and O–H groups in total. The van der Waals surface area contributed by atoms with E-state index in [4.69, 9.17) is 21.7 Å². The average molecular weight is 367 g/mol. The highest BCUT2D eigenvalue weighted by molar-refractivity contribution is 7.80. The SMILES string of the molecule is CCCC[C@@H](CC)CNC(=S)N(C)Cc1cc(OC)c(OC)cc1C. The quantitative estimate of drug-likeness (QED) is 0.615. The van der Waals surface area contributed by atoms with Crippen LogP contribution in [0, 0.1) is 12.8 Å². The average Bonchev–Trinajstić information content (AvgIpc) is 2.62. The zero-order valence-corrected chi connectivity index (χ0v) is 17.5. The molecule has 0 saturated heterocycles. The number of hydrogen-bond donors (Lipinski definition) is 1. The maximum Gasteiger partial charge on any atom is 0.168 e. The van der Waals surface area contributed by atoms with Crippen LogP contribution in [0.5, 0.6) is 11.5 Å². The second kappa shape index (κ2) is 11.2. The number of rotatable bonds is 10. The van der Waals surface area contributed by atoms with Gasteiger partial charge >= 0.3 is 0 Å². The first-order chi connectivity index (χ1) is 12.0. The molecule has 25 heavy (non-hydrogen) atoms. The van der Waals surface area contributed by atoms with Gasteiger partial charge in [0.25, 0.3) is 0 Å². The number of aryl methyl sites for hydroxylation is 1. The van der Waals surface area contributed by atoms with Gasteiger partial charge in [-0.15, -0.1) is 0 Å². The molecule has 0 saturated carbocycles. The lowest BCUT2D eigenvalue weighted by atomic mass is 9.99. The first-order valence-corrected chi connectivity index (χ1v) is 9.57. The number of methoxy groups -OCH3 is 2. The third kappa shape index (κ3) is 6.73. The van der Waals surface area contributed by atoms with Crippen molar-refractivity contribution < 1.29 is 9.47 Å². The minimum absolute atomic E-state index is 0.689. The monoisotopic (exact) mass is 366 g/mol. The molecule has 0 unspecified atom stereocenters. The molecule has 1 atom stereocenters. The maximum atomic E-state index is 5.57. The van der Waals surface area contributed by atoms with Crippen LogP contribution in [0.3, 0.4) is 0 Å². The number of thiocarbonyl (C=S) groups is 1. The molecule has 0 spiro atoms. The number of nitrogens with zero attached hydrogens (tertiary/aromatic N) is 1. The van der Waals surface area contributed by atoms with Crippen molar-refractivity contribution in [2.75, 3.05) is 27.8 Å². The van der Waals surface area contributed by atoms with E-state index >= 15 is 0 Å². The summed E-state index contributed by atoms with van der Waals surface area (Å²) in [5.41, 5.74) is 2.35. The summed E-state index contributed by atoms with van der Waals surface area (Å²) in [5, 5.41) is 4.23. The minimum Gasteiger partial charge on any atom is -0.493 e. The zero-order chi connectivity index (χ0) is 18.8. The summed E-state index contributed by atoms with van der Waals surface area (Å²) in [7, 11) is 5.34. The molecule has 142 valence electrons. The molecule has 5 heteroatoms. The highest BCUT2D eigenvalue weighted by Gasteiger charge is 2.13. The summed E-state index contributed by atoms with van der Waals surface area (Å²) in [6.07, 6.45) is 4.99. The van der Waals surface area contributed by atoms with E-state index in [1.807, 2.05) is 19.2 Å². The molecule has 1 aromatic rings. The van der Waals surface area contributed by atoms with Gasteiger partial charge in [0.05, 0.1) is 14.2 Å². The van der Waals surface area contributed by atoms with Crippen LogP contribution in [0.15, 0.2) is 12.1 Å². The van der Waals surface area contributed by atoms with Crippen molar-refractivity contribution in [3.05, 3.63) is 23.3 Å². The van der Waals surface area contributed by atoms with Gasteiger partial charge in [0.1, 0.15) is 0 Å². The van der Waals surface area contributed by atoms with Crippen LogP contribution < -0.4 is 14.8 Å². The van der Waals surface area contributed by atoms with Crippen molar-refractivity contribution in [3.63, 3.8) is 0 Å². The topological polar surface area (TPSA) is 33.7 Å². The van der Waals surface area contributed by atoms with E-state index in [9.17, 15) is 0 Å². The van der Waals surface area contributed by atoms with Gasteiger partial charge < -0.3 is 19.7 Å². The zero-order valence-electron chi connectivity index (χ0n) is 16.6. The summed E-state index contributed by atoms with van der Waals surface area (Å²) in [5.74, 6) is 2.20. The molecule has 1 aromatic carbocycles. The molecule has 0 radical (unpaired) electrons. The Morgan fingerprint density at radius 3 is 2.40 bits per heavy atom. The van der Waals surface area contributed by atoms with Crippen molar-refractivity contribution in [3.8, 4) is 11.5 Å². The second-order valence-corrected chi connectivity index (χ2v) is 6.98. The Balaban J connectivity index is 2.65. The van der Waals surface area contributed by atoms with Crippen LogP contribution in [0.1, 0.15) is 50.7 Å². The van der Waals surface area contributed by atoms with Gasteiger partial charge in [-0.25, -0.2) is 0 Å². The number of hydrogen-bond acceptors (Lipinski definition) is 3. The van der Waals surface area contributed by atoms with Crippen LogP contribution in [0.2, 0.25) is 0 Å². The van der Waals surface area contributed by atoms with Gasteiger partial charge in [0.2, 0.25) is 0 Å². The van der Waals surface area contributed by atoms with E-state index in [1.165, 1.54) is 36.8 Å². The number of ether oxygens (including phenoxy) is 2. The minimum atomic E-state index is 0.689. The molecule has 0 aliphatic heterocycles. The number of unbranched alkanes of at least 4 members (excludes halogenated alkanes) is 1. The summed E-state index contributed by atoms with van der Waals surface area (Å²) in [4.78, 5) is 2.08. The Morgan fingerprint density at radius 1 is 1.20 bits per heavy atom. The van der Waals surface area contributed by atoms with E-state index < -0.39 is 0 Å². The third-order valence-corrected chi connectivity index (χ3v) is 5.14. The molecule has 0 heterocycles. The van der Waals surface area contributed by atoms with Crippen molar-refractivity contribution in [2.45, 2.75) is 53.0 Å². The molecule has 4 nitrogen and oxygen atoms in total. The molecule has 0 aliphatic rings. The summed E-state index contributed by atoms with van der Waals surface area (Å²) >= 11 is 5.57. The molecule has 0 bridgehead atoms. The normalized spacial score (nSPS) is 11.8. The van der Waals surface area contributed by atoms with Crippen LogP contribution >= 0.6 is 12.2 Å². The van der Waals surface area contributed by atoms with Crippen molar-refractivity contribution in [1.82, 2.24) is 10.2 Å². The highest BCUT2D eigenvalue weighted by Crippen LogP contribution is 2.30. The standard InChI is InChI=1S/C20H34N2O2S/c1-7-9-10-16(8-2)13-21-20(25)22(4)14-17-12-19(24-6)18(23-5)11-15(17)3/h11-12,16H,7-10,13-14H2,1-6H3,(H,21,25)/t16-/m1/s1. The predicted molar refractivity (Wildman–Crippen MR) is 110 cm³/mol. The molecule has 1 rings (SSSR count). The summed E-state index contributed by atoms with van der Waals surface area (Å²) < 4.78 is 10.8. The lowest BCUT2D eigenvalue weighted by Crippen LogP contribution is -2.39. The Bertz CT molecular complexity index is 549. The molecular weight excluding hydrogens is 332 g/mol. The highest BCUT2D eigenvalue weighted by atomic mass is 32.1. The van der Waals surface area contributed by atoms with Crippen molar-refractivity contribution in [2.24, 2.45) is 5.92 Å². The number of benzene rings is 1. The Hall–Kier alpha value is -1.49. The van der Waals surface area contributed by atoms with Gasteiger partial charge in [-0.2, -0.15) is 0 Å². The van der Waals surface area contributed by atoms with Crippen molar-refractivity contribution >= 4 is 17.3 Å². The fourth-order valence-corrected chi connectivity index (χ4v) is 2.98. The third-order valence-electron chi connectivity index (χ3n) is 4.68. The van der Waals surface area contributed by atoms with Gasteiger partial charge in [0, 0.05) is 20.1 Å². The summed E-state index contributed by atoms with van der Waals surface area (Å²) in [6, 6.07) is 4.04. The smallest absolute Gasteiger partial charge is 0.168 e. The van der Waals surface area contributed by atoms with Crippen LogP contribution in [0.4, 0.5) is 0 Å². The van der Waals surface area contributed by atoms with Crippen molar-refractivity contribution in [1.29, 1.82) is 0 Å². The Kier molecular flexibility index (Phi) is 9.65. The van der Waals surface area contributed by atoms with E-state index in [2.05, 4.69) is 31.0 Å². The molecule has 0 amide bonds. The predicted octanol–water partition coefficient (Wildman–Crippen LogP) is 4.53.